The maximum atomic E-state index is 13.8. The minimum atomic E-state index is -0.462. The number of carbonyl (C=O) groups is 1. The Morgan fingerprint density at radius 1 is 0.830 bits per heavy atom. The molecule has 0 bridgehead atoms. The third-order valence-corrected chi connectivity index (χ3v) is 8.79. The molecule has 0 saturated carbocycles. The minimum Gasteiger partial charge on any atom is -0.497 e. The van der Waals surface area contributed by atoms with Gasteiger partial charge >= 0.3 is 0 Å². The Morgan fingerprint density at radius 2 is 1.53 bits per heavy atom. The zero-order valence-corrected chi connectivity index (χ0v) is 26.2. The van der Waals surface area contributed by atoms with Gasteiger partial charge in [-0.15, -0.1) is 10.2 Å². The molecule has 47 heavy (non-hydrogen) atoms. The lowest BCUT2D eigenvalue weighted by Gasteiger charge is -2.21. The maximum absolute atomic E-state index is 13.8. The van der Waals surface area contributed by atoms with Gasteiger partial charge in [0.1, 0.15) is 11.6 Å². The Morgan fingerprint density at radius 3 is 2.26 bits per heavy atom. The number of methoxy groups -OCH3 is 1. The Balaban J connectivity index is 1.27. The second kappa shape index (κ2) is 13.4. The van der Waals surface area contributed by atoms with Crippen LogP contribution in [0, 0.1) is 0 Å². The highest BCUT2D eigenvalue weighted by molar-refractivity contribution is 5.94. The molecule has 1 unspecified atom stereocenters. The van der Waals surface area contributed by atoms with E-state index >= 15 is 0 Å². The summed E-state index contributed by atoms with van der Waals surface area (Å²) in [5.74, 6) is 2.15. The van der Waals surface area contributed by atoms with E-state index < -0.39 is 6.04 Å². The van der Waals surface area contributed by atoms with Gasteiger partial charge in [0.2, 0.25) is 0 Å². The van der Waals surface area contributed by atoms with Crippen molar-refractivity contribution in [1.82, 2.24) is 30.0 Å². The van der Waals surface area contributed by atoms with Gasteiger partial charge in [-0.2, -0.15) is 0 Å². The summed E-state index contributed by atoms with van der Waals surface area (Å²) in [5.41, 5.74) is 12.9. The number of amides is 1. The predicted octanol–water partition coefficient (Wildman–Crippen LogP) is 6.26. The Kier molecular flexibility index (Phi) is 8.53. The van der Waals surface area contributed by atoms with Gasteiger partial charge in [-0.1, -0.05) is 60.7 Å². The molecule has 0 saturated heterocycles. The van der Waals surface area contributed by atoms with Crippen LogP contribution >= 0.6 is 0 Å². The average molecular weight is 624 g/mol. The number of ether oxygens (including phenoxy) is 1. The lowest BCUT2D eigenvalue weighted by Crippen LogP contribution is -2.32. The van der Waals surface area contributed by atoms with Crippen LogP contribution in [0.4, 0.5) is 0 Å². The molecule has 0 aliphatic rings. The van der Waals surface area contributed by atoms with Crippen molar-refractivity contribution in [2.24, 2.45) is 5.73 Å². The smallest absolute Gasteiger partial charge is 0.251 e. The third kappa shape index (κ3) is 6.39. The van der Waals surface area contributed by atoms with Crippen LogP contribution in [0.3, 0.4) is 0 Å². The van der Waals surface area contributed by atoms with Gasteiger partial charge in [0.25, 0.3) is 5.91 Å². The Labute approximate surface area is 272 Å². The molecule has 9 nitrogen and oxygen atoms in total. The van der Waals surface area contributed by atoms with Crippen molar-refractivity contribution in [2.45, 2.75) is 38.4 Å². The normalized spacial score (nSPS) is 12.0. The SMILES string of the molecule is COc1ccc(Cn2c(CCc3c[nH]c4ccccc34)nnc2C(Cc2c[nH]c3ccccc23)NC(=O)c2cccc(CN)c2)cc1. The largest absolute Gasteiger partial charge is 0.497 e. The second-order valence-corrected chi connectivity index (χ2v) is 11.8. The van der Waals surface area contributed by atoms with Gasteiger partial charge in [0.15, 0.2) is 5.82 Å². The summed E-state index contributed by atoms with van der Waals surface area (Å²) in [6.07, 6.45) is 6.08. The summed E-state index contributed by atoms with van der Waals surface area (Å²) < 4.78 is 7.57. The van der Waals surface area contributed by atoms with Crippen LogP contribution < -0.4 is 15.8 Å². The first-order valence-electron chi connectivity index (χ1n) is 15.8. The summed E-state index contributed by atoms with van der Waals surface area (Å²) in [5, 5.41) is 15.2. The number of nitrogens with two attached hydrogens (primary N) is 1. The number of para-hydroxylation sites is 2. The molecule has 1 amide bonds. The molecule has 0 spiro atoms. The van der Waals surface area contributed by atoms with E-state index in [1.165, 1.54) is 10.9 Å². The van der Waals surface area contributed by atoms with Crippen molar-refractivity contribution in [3.63, 3.8) is 0 Å². The highest BCUT2D eigenvalue weighted by Gasteiger charge is 2.26. The first-order valence-corrected chi connectivity index (χ1v) is 15.8. The lowest BCUT2D eigenvalue weighted by atomic mass is 10.0. The monoisotopic (exact) mass is 623 g/mol. The van der Waals surface area contributed by atoms with Gasteiger partial charge in [-0.25, -0.2) is 0 Å². The van der Waals surface area contributed by atoms with Gasteiger partial charge < -0.3 is 30.3 Å². The van der Waals surface area contributed by atoms with Crippen LogP contribution in [0.1, 0.15) is 50.3 Å². The van der Waals surface area contributed by atoms with Crippen molar-refractivity contribution in [1.29, 1.82) is 0 Å². The van der Waals surface area contributed by atoms with E-state index in [0.29, 0.717) is 37.3 Å². The van der Waals surface area contributed by atoms with E-state index in [-0.39, 0.29) is 5.91 Å². The van der Waals surface area contributed by atoms with Crippen LogP contribution in [-0.2, 0) is 32.4 Å². The number of nitrogens with zero attached hydrogens (tertiary/aromatic N) is 3. The fourth-order valence-electron chi connectivity index (χ4n) is 6.27. The lowest BCUT2D eigenvalue weighted by molar-refractivity contribution is 0.0934. The molecule has 3 heterocycles. The molecule has 7 rings (SSSR count). The third-order valence-electron chi connectivity index (χ3n) is 8.79. The van der Waals surface area contributed by atoms with Crippen molar-refractivity contribution >= 4 is 27.7 Å². The number of aromatic amines is 2. The van der Waals surface area contributed by atoms with E-state index in [9.17, 15) is 4.79 Å². The molecule has 9 heteroatoms. The van der Waals surface area contributed by atoms with Gasteiger partial charge in [-0.05, 0) is 65.1 Å². The number of aryl methyl sites for hydroxylation is 2. The highest BCUT2D eigenvalue weighted by Crippen LogP contribution is 2.27. The molecule has 0 fully saturated rings. The van der Waals surface area contributed by atoms with Crippen molar-refractivity contribution in [2.75, 3.05) is 7.11 Å². The number of fused-ring (bicyclic) bond motifs is 2. The summed E-state index contributed by atoms with van der Waals surface area (Å²) in [7, 11) is 1.66. The number of nitrogens with one attached hydrogen (secondary N) is 3. The molecule has 7 aromatic rings. The average Bonchev–Trinajstić information content (AvgIpc) is 3.84. The van der Waals surface area contributed by atoms with Gasteiger partial charge in [0.05, 0.1) is 19.7 Å². The Hall–Kier alpha value is -5.67. The molecule has 0 radical (unpaired) electrons. The predicted molar refractivity (Wildman–Crippen MR) is 184 cm³/mol. The number of aromatic nitrogens is 5. The van der Waals surface area contributed by atoms with Crippen LogP contribution in [0.15, 0.2) is 109 Å². The quantitative estimate of drug-likeness (QED) is 0.128. The van der Waals surface area contributed by atoms with Crippen molar-refractivity contribution < 1.29 is 9.53 Å². The van der Waals surface area contributed by atoms with Crippen LogP contribution in [0.5, 0.6) is 5.75 Å². The highest BCUT2D eigenvalue weighted by atomic mass is 16.5. The standard InChI is InChI=1S/C38H37N7O2/c1-47-30-16-13-25(14-17-30)24-45-36(18-15-28-22-40-33-11-4-2-9-31(28)33)43-44-37(45)35(20-29-23-41-34-12-5-3-10-32(29)34)42-38(46)27-8-6-7-26(19-27)21-39/h2-14,16-17,19,22-23,35,40-41H,15,18,20-21,24,39H2,1H3,(H,42,46). The van der Waals surface area contributed by atoms with Crippen molar-refractivity contribution in [3.05, 3.63) is 149 Å². The first-order chi connectivity index (χ1) is 23.1. The first kappa shape index (κ1) is 30.0. The number of hydrogen-bond acceptors (Lipinski definition) is 5. The molecule has 236 valence electrons. The van der Waals surface area contributed by atoms with Crippen LogP contribution in [0.2, 0.25) is 0 Å². The minimum absolute atomic E-state index is 0.190. The molecular formula is C38H37N7O2. The molecule has 0 aliphatic heterocycles. The van der Waals surface area contributed by atoms with Gasteiger partial charge in [-0.3, -0.25) is 4.79 Å². The zero-order chi connectivity index (χ0) is 32.2. The fourth-order valence-corrected chi connectivity index (χ4v) is 6.27. The molecule has 1 atom stereocenters. The zero-order valence-electron chi connectivity index (χ0n) is 26.2. The molecule has 5 N–H and O–H groups in total. The fraction of sp³-hybridized carbons (Fsp3) is 0.184. The van der Waals surface area contributed by atoms with Crippen LogP contribution in [0.25, 0.3) is 21.8 Å². The summed E-state index contributed by atoms with van der Waals surface area (Å²) in [6, 6.07) is 31.5. The summed E-state index contributed by atoms with van der Waals surface area (Å²) in [6.45, 7) is 0.897. The topological polar surface area (TPSA) is 127 Å². The second-order valence-electron chi connectivity index (χ2n) is 11.8. The summed E-state index contributed by atoms with van der Waals surface area (Å²) in [4.78, 5) is 20.6. The number of H-pyrrole nitrogens is 2. The number of carbonyl (C=O) groups excluding carboxylic acids is 1. The molecule has 3 aromatic heterocycles. The summed E-state index contributed by atoms with van der Waals surface area (Å²) >= 11 is 0. The van der Waals surface area contributed by atoms with E-state index in [0.717, 1.165) is 51.1 Å². The number of hydrogen-bond donors (Lipinski definition) is 4. The molecular weight excluding hydrogens is 586 g/mol. The number of benzene rings is 4. The van der Waals surface area contributed by atoms with Gasteiger partial charge in [0, 0.05) is 59.1 Å². The van der Waals surface area contributed by atoms with E-state index in [2.05, 4.69) is 68.5 Å². The number of rotatable bonds is 12. The maximum Gasteiger partial charge on any atom is 0.251 e. The molecule has 0 aliphatic carbocycles. The van der Waals surface area contributed by atoms with Crippen LogP contribution in [-0.4, -0.2) is 37.7 Å². The van der Waals surface area contributed by atoms with Crippen molar-refractivity contribution in [3.8, 4) is 5.75 Å². The van der Waals surface area contributed by atoms with E-state index in [1.807, 2.05) is 60.8 Å². The van der Waals surface area contributed by atoms with E-state index in [4.69, 9.17) is 20.7 Å². The van der Waals surface area contributed by atoms with E-state index in [1.54, 1.807) is 7.11 Å². The molecule has 4 aromatic carbocycles. The Bertz CT molecular complexity index is 2140.